The lowest BCUT2D eigenvalue weighted by molar-refractivity contribution is 0.525. The van der Waals surface area contributed by atoms with Gasteiger partial charge in [0.05, 0.1) is 12.3 Å². The molecule has 17 heavy (non-hydrogen) atoms. The molecule has 2 aromatic rings. The SMILES string of the molecule is CCNC(c1ccc(Cl)cc1)c1coc(C)c1. The van der Waals surface area contributed by atoms with Crippen LogP contribution in [-0.2, 0) is 0 Å². The monoisotopic (exact) mass is 249 g/mol. The summed E-state index contributed by atoms with van der Waals surface area (Å²) in [7, 11) is 0. The van der Waals surface area contributed by atoms with Crippen LogP contribution in [0.5, 0.6) is 0 Å². The second-order valence-electron chi connectivity index (χ2n) is 4.03. The Hall–Kier alpha value is -1.25. The summed E-state index contributed by atoms with van der Waals surface area (Å²) in [5.41, 5.74) is 2.34. The summed E-state index contributed by atoms with van der Waals surface area (Å²) in [4.78, 5) is 0. The van der Waals surface area contributed by atoms with E-state index in [1.165, 1.54) is 5.56 Å². The lowest BCUT2D eigenvalue weighted by atomic mass is 10.0. The van der Waals surface area contributed by atoms with Gasteiger partial charge in [0, 0.05) is 10.6 Å². The lowest BCUT2D eigenvalue weighted by Gasteiger charge is -2.16. The molecule has 0 saturated carbocycles. The van der Waals surface area contributed by atoms with Crippen LogP contribution in [0.15, 0.2) is 41.0 Å². The van der Waals surface area contributed by atoms with Gasteiger partial charge in [-0.25, -0.2) is 0 Å². The van der Waals surface area contributed by atoms with Gasteiger partial charge in [-0.05, 0) is 37.2 Å². The minimum Gasteiger partial charge on any atom is -0.469 e. The molecular formula is C14H16ClNO. The maximum Gasteiger partial charge on any atom is 0.101 e. The Morgan fingerprint density at radius 1 is 1.24 bits per heavy atom. The summed E-state index contributed by atoms with van der Waals surface area (Å²) >= 11 is 5.90. The standard InChI is InChI=1S/C14H16ClNO/c1-3-16-14(12-8-10(2)17-9-12)11-4-6-13(15)7-5-11/h4-9,14,16H,3H2,1-2H3. The van der Waals surface area contributed by atoms with Crippen LogP contribution >= 0.6 is 11.6 Å². The highest BCUT2D eigenvalue weighted by atomic mass is 35.5. The Labute approximate surface area is 107 Å². The Kier molecular flexibility index (Phi) is 3.87. The summed E-state index contributed by atoms with van der Waals surface area (Å²) in [6.07, 6.45) is 1.80. The number of halogens is 1. The van der Waals surface area contributed by atoms with Crippen LogP contribution in [-0.4, -0.2) is 6.54 Å². The summed E-state index contributed by atoms with van der Waals surface area (Å²) in [6.45, 7) is 4.95. The van der Waals surface area contributed by atoms with Crippen LogP contribution < -0.4 is 5.32 Å². The van der Waals surface area contributed by atoms with E-state index >= 15 is 0 Å². The first kappa shape index (κ1) is 12.2. The summed E-state index contributed by atoms with van der Waals surface area (Å²) in [6, 6.07) is 10.1. The van der Waals surface area contributed by atoms with Crippen molar-refractivity contribution in [2.75, 3.05) is 6.54 Å². The van der Waals surface area contributed by atoms with Crippen molar-refractivity contribution in [1.82, 2.24) is 5.32 Å². The number of benzene rings is 1. The molecule has 1 N–H and O–H groups in total. The van der Waals surface area contributed by atoms with E-state index in [2.05, 4.69) is 18.3 Å². The van der Waals surface area contributed by atoms with Crippen molar-refractivity contribution in [3.05, 3.63) is 58.5 Å². The fourth-order valence-corrected chi connectivity index (χ4v) is 2.03. The van der Waals surface area contributed by atoms with Crippen LogP contribution in [0.3, 0.4) is 0 Å². The van der Waals surface area contributed by atoms with Gasteiger partial charge in [0.2, 0.25) is 0 Å². The van der Waals surface area contributed by atoms with Crippen molar-refractivity contribution in [2.24, 2.45) is 0 Å². The molecule has 0 aliphatic heterocycles. The Bertz CT molecular complexity index is 475. The van der Waals surface area contributed by atoms with E-state index in [1.807, 2.05) is 31.2 Å². The van der Waals surface area contributed by atoms with Crippen molar-refractivity contribution >= 4 is 11.6 Å². The Balaban J connectivity index is 2.31. The van der Waals surface area contributed by atoms with Crippen LogP contribution in [0.2, 0.25) is 5.02 Å². The van der Waals surface area contributed by atoms with Crippen molar-refractivity contribution in [3.63, 3.8) is 0 Å². The van der Waals surface area contributed by atoms with Crippen molar-refractivity contribution in [1.29, 1.82) is 0 Å². The molecule has 0 fully saturated rings. The molecule has 1 atom stereocenters. The fourth-order valence-electron chi connectivity index (χ4n) is 1.90. The van der Waals surface area contributed by atoms with Crippen LogP contribution in [0.25, 0.3) is 0 Å². The molecule has 1 aromatic carbocycles. The smallest absolute Gasteiger partial charge is 0.101 e. The van der Waals surface area contributed by atoms with Crippen molar-refractivity contribution < 1.29 is 4.42 Å². The molecule has 0 saturated heterocycles. The number of hydrogen-bond acceptors (Lipinski definition) is 2. The maximum absolute atomic E-state index is 5.90. The number of hydrogen-bond donors (Lipinski definition) is 1. The topological polar surface area (TPSA) is 25.2 Å². The molecule has 0 bridgehead atoms. The first-order valence-corrected chi connectivity index (χ1v) is 6.12. The third-order valence-corrected chi connectivity index (χ3v) is 2.95. The van der Waals surface area contributed by atoms with E-state index < -0.39 is 0 Å². The van der Waals surface area contributed by atoms with Gasteiger partial charge in [-0.1, -0.05) is 30.7 Å². The van der Waals surface area contributed by atoms with Gasteiger partial charge in [-0.3, -0.25) is 0 Å². The zero-order valence-electron chi connectivity index (χ0n) is 10.0. The molecule has 1 unspecified atom stereocenters. The van der Waals surface area contributed by atoms with Crippen LogP contribution in [0.1, 0.15) is 29.9 Å². The van der Waals surface area contributed by atoms with Gasteiger partial charge >= 0.3 is 0 Å². The molecule has 0 amide bonds. The van der Waals surface area contributed by atoms with Crippen molar-refractivity contribution in [3.8, 4) is 0 Å². The zero-order chi connectivity index (χ0) is 12.3. The number of rotatable bonds is 4. The van der Waals surface area contributed by atoms with Gasteiger partial charge in [-0.2, -0.15) is 0 Å². The highest BCUT2D eigenvalue weighted by molar-refractivity contribution is 6.30. The normalized spacial score (nSPS) is 12.6. The zero-order valence-corrected chi connectivity index (χ0v) is 10.8. The summed E-state index contributed by atoms with van der Waals surface area (Å²) in [5.74, 6) is 0.928. The number of nitrogens with one attached hydrogen (secondary N) is 1. The third kappa shape index (κ3) is 2.90. The maximum atomic E-state index is 5.90. The van der Waals surface area contributed by atoms with Crippen LogP contribution in [0.4, 0.5) is 0 Å². The molecule has 0 aliphatic carbocycles. The minimum absolute atomic E-state index is 0.162. The van der Waals surface area contributed by atoms with Gasteiger partial charge in [-0.15, -0.1) is 0 Å². The number of furan rings is 1. The first-order chi connectivity index (χ1) is 8.20. The molecule has 0 spiro atoms. The average molecular weight is 250 g/mol. The Morgan fingerprint density at radius 2 is 1.94 bits per heavy atom. The van der Waals surface area contributed by atoms with E-state index in [0.717, 1.165) is 22.9 Å². The molecule has 1 heterocycles. The van der Waals surface area contributed by atoms with Gasteiger partial charge in [0.15, 0.2) is 0 Å². The predicted molar refractivity (Wildman–Crippen MR) is 70.4 cm³/mol. The number of aryl methyl sites for hydroxylation is 1. The minimum atomic E-state index is 0.162. The predicted octanol–water partition coefficient (Wildman–Crippen LogP) is 3.94. The third-order valence-electron chi connectivity index (χ3n) is 2.70. The molecule has 2 rings (SSSR count). The van der Waals surface area contributed by atoms with E-state index in [1.54, 1.807) is 6.26 Å². The molecule has 2 nitrogen and oxygen atoms in total. The van der Waals surface area contributed by atoms with E-state index in [0.29, 0.717) is 0 Å². The summed E-state index contributed by atoms with van der Waals surface area (Å²) in [5, 5.41) is 4.20. The van der Waals surface area contributed by atoms with Gasteiger partial charge < -0.3 is 9.73 Å². The molecular weight excluding hydrogens is 234 g/mol. The van der Waals surface area contributed by atoms with E-state index in [9.17, 15) is 0 Å². The highest BCUT2D eigenvalue weighted by Gasteiger charge is 2.14. The fraction of sp³-hybridized carbons (Fsp3) is 0.286. The Morgan fingerprint density at radius 3 is 2.47 bits per heavy atom. The molecule has 3 heteroatoms. The average Bonchev–Trinajstić information content (AvgIpc) is 2.74. The highest BCUT2D eigenvalue weighted by Crippen LogP contribution is 2.24. The molecule has 0 radical (unpaired) electrons. The molecule has 0 aliphatic rings. The second-order valence-corrected chi connectivity index (χ2v) is 4.47. The van der Waals surface area contributed by atoms with Crippen molar-refractivity contribution in [2.45, 2.75) is 19.9 Å². The van der Waals surface area contributed by atoms with E-state index in [4.69, 9.17) is 16.0 Å². The lowest BCUT2D eigenvalue weighted by Crippen LogP contribution is -2.21. The van der Waals surface area contributed by atoms with Gasteiger partial charge in [0.25, 0.3) is 0 Å². The quantitative estimate of drug-likeness (QED) is 0.888. The van der Waals surface area contributed by atoms with E-state index in [-0.39, 0.29) is 6.04 Å². The molecule has 1 aromatic heterocycles. The van der Waals surface area contributed by atoms with Crippen LogP contribution in [0, 0.1) is 6.92 Å². The molecule has 90 valence electrons. The largest absolute Gasteiger partial charge is 0.469 e. The summed E-state index contributed by atoms with van der Waals surface area (Å²) < 4.78 is 5.37. The second kappa shape index (κ2) is 5.39. The first-order valence-electron chi connectivity index (χ1n) is 5.74. The van der Waals surface area contributed by atoms with Gasteiger partial charge in [0.1, 0.15) is 5.76 Å².